The molecule has 1 saturated heterocycles. The van der Waals surface area contributed by atoms with Gasteiger partial charge in [0, 0.05) is 44.1 Å². The molecule has 9 nitrogen and oxygen atoms in total. The summed E-state index contributed by atoms with van der Waals surface area (Å²) in [5.74, 6) is -0.0332. The Hall–Kier alpha value is -3.23. The Bertz CT molecular complexity index is 1490. The predicted octanol–water partition coefficient (Wildman–Crippen LogP) is 4.31. The van der Waals surface area contributed by atoms with E-state index in [1.54, 1.807) is 18.4 Å². The fourth-order valence-electron chi connectivity index (χ4n) is 4.23. The molecule has 14 heteroatoms. The van der Waals surface area contributed by atoms with Gasteiger partial charge in [-0.25, -0.2) is 18.5 Å². The number of thiazole rings is 1. The number of carbonyl (C=O) groups excluding carboxylic acids is 1. The third-order valence-electron chi connectivity index (χ3n) is 6.11. The van der Waals surface area contributed by atoms with Crippen molar-refractivity contribution in [2.24, 2.45) is 7.05 Å². The van der Waals surface area contributed by atoms with E-state index in [4.69, 9.17) is 0 Å². The second kappa shape index (κ2) is 9.91. The molecule has 1 atom stereocenters. The largest absolute Gasteiger partial charge is 0.573 e. The van der Waals surface area contributed by atoms with E-state index in [0.717, 1.165) is 18.4 Å². The molecule has 3 heterocycles. The normalized spacial score (nSPS) is 16.2. The standard InChI is InChI=1S/C23H23F3N6O3S2/c1-31-18-6-3-13(20(33)27-14-7-9-32(10-8-14)37(2)34)11-17(18)28-21(31)30-22-29-16-5-4-15(12-19(16)36-22)35-23(24,25)26/h3-6,11-12,14H,7-10H2,1-2H3,(H,27,33)(H,28,29,30). The molecule has 1 amide bonds. The summed E-state index contributed by atoms with van der Waals surface area (Å²) in [6, 6.07) is 9.24. The van der Waals surface area contributed by atoms with Gasteiger partial charge in [0.25, 0.3) is 5.91 Å². The van der Waals surface area contributed by atoms with E-state index in [9.17, 15) is 22.2 Å². The number of piperidine rings is 1. The number of aryl methyl sites for hydroxylation is 1. The van der Waals surface area contributed by atoms with E-state index in [1.165, 1.54) is 29.5 Å². The first kappa shape index (κ1) is 25.4. The minimum absolute atomic E-state index is 0.0186. The zero-order valence-corrected chi connectivity index (χ0v) is 21.5. The molecule has 196 valence electrons. The first-order valence-electron chi connectivity index (χ1n) is 11.3. The first-order chi connectivity index (χ1) is 17.6. The first-order valence-corrected chi connectivity index (χ1v) is 13.7. The molecule has 2 N–H and O–H groups in total. The lowest BCUT2D eigenvalue weighted by Gasteiger charge is -2.30. The highest BCUT2D eigenvalue weighted by Crippen LogP contribution is 2.33. The van der Waals surface area contributed by atoms with Crippen LogP contribution in [-0.4, -0.2) is 60.7 Å². The SMILES string of the molecule is Cn1c(Nc2nc3ccc(OC(F)(F)F)cc3s2)nc2cc(C(=O)NC3CCN(S(C)=O)CC3)ccc21. The summed E-state index contributed by atoms with van der Waals surface area (Å²) in [6.07, 6.45) is -1.64. The Balaban J connectivity index is 1.30. The maximum Gasteiger partial charge on any atom is 0.573 e. The van der Waals surface area contributed by atoms with Crippen LogP contribution in [0.25, 0.3) is 21.3 Å². The summed E-state index contributed by atoms with van der Waals surface area (Å²) < 4.78 is 57.4. The second-order valence-electron chi connectivity index (χ2n) is 8.62. The van der Waals surface area contributed by atoms with E-state index < -0.39 is 17.3 Å². The average molecular weight is 553 g/mol. The van der Waals surface area contributed by atoms with Crippen LogP contribution < -0.4 is 15.4 Å². The molecule has 0 radical (unpaired) electrons. The van der Waals surface area contributed by atoms with Gasteiger partial charge in [0.05, 0.1) is 32.2 Å². The molecular weight excluding hydrogens is 529 g/mol. The van der Waals surface area contributed by atoms with Crippen LogP contribution in [0.15, 0.2) is 36.4 Å². The summed E-state index contributed by atoms with van der Waals surface area (Å²) in [5, 5.41) is 6.62. The molecule has 1 aliphatic rings. The number of ether oxygens (including phenoxy) is 1. The molecule has 0 saturated carbocycles. The molecular formula is C23H23F3N6O3S2. The highest BCUT2D eigenvalue weighted by molar-refractivity contribution is 7.81. The zero-order valence-electron chi connectivity index (χ0n) is 19.8. The van der Waals surface area contributed by atoms with Crippen LogP contribution >= 0.6 is 11.3 Å². The molecule has 2 aromatic carbocycles. The van der Waals surface area contributed by atoms with E-state index in [2.05, 4.69) is 25.3 Å². The Morgan fingerprint density at radius 1 is 1.14 bits per heavy atom. The lowest BCUT2D eigenvalue weighted by atomic mass is 10.1. The number of carbonyl (C=O) groups is 1. The molecule has 0 bridgehead atoms. The van der Waals surface area contributed by atoms with Crippen LogP contribution in [0.2, 0.25) is 0 Å². The molecule has 0 aliphatic carbocycles. The molecule has 0 spiro atoms. The fraction of sp³-hybridized carbons (Fsp3) is 0.348. The van der Waals surface area contributed by atoms with Crippen LogP contribution in [0.5, 0.6) is 5.75 Å². The van der Waals surface area contributed by atoms with E-state index in [0.29, 0.717) is 45.5 Å². The van der Waals surface area contributed by atoms with Crippen LogP contribution in [0.4, 0.5) is 24.3 Å². The number of fused-ring (bicyclic) bond motifs is 2. The number of halogens is 3. The van der Waals surface area contributed by atoms with Gasteiger partial charge in [-0.15, -0.1) is 13.2 Å². The van der Waals surface area contributed by atoms with E-state index in [1.807, 2.05) is 22.0 Å². The minimum atomic E-state index is -4.77. The molecule has 37 heavy (non-hydrogen) atoms. The van der Waals surface area contributed by atoms with Gasteiger partial charge in [-0.05, 0) is 43.2 Å². The van der Waals surface area contributed by atoms with E-state index >= 15 is 0 Å². The van der Waals surface area contributed by atoms with Crippen molar-refractivity contribution in [3.8, 4) is 5.75 Å². The van der Waals surface area contributed by atoms with Crippen molar-refractivity contribution in [3.05, 3.63) is 42.0 Å². The quantitative estimate of drug-likeness (QED) is 0.370. The van der Waals surface area contributed by atoms with Crippen molar-refractivity contribution in [2.75, 3.05) is 24.7 Å². The molecule has 4 aromatic rings. The number of rotatable bonds is 6. The topological polar surface area (TPSA) is 101 Å². The predicted molar refractivity (Wildman–Crippen MR) is 136 cm³/mol. The zero-order chi connectivity index (χ0) is 26.3. The van der Waals surface area contributed by atoms with Crippen LogP contribution in [0.1, 0.15) is 23.2 Å². The summed E-state index contributed by atoms with van der Waals surface area (Å²) in [7, 11) is 0.809. The Labute approximate surface area is 216 Å². The minimum Gasteiger partial charge on any atom is -0.406 e. The van der Waals surface area contributed by atoms with Crippen LogP contribution in [0.3, 0.4) is 0 Å². The highest BCUT2D eigenvalue weighted by atomic mass is 32.2. The Morgan fingerprint density at radius 3 is 2.59 bits per heavy atom. The molecule has 1 unspecified atom stereocenters. The second-order valence-corrected chi connectivity index (χ2v) is 11.0. The van der Waals surface area contributed by atoms with Gasteiger partial charge in [0.1, 0.15) is 5.75 Å². The summed E-state index contributed by atoms with van der Waals surface area (Å²) >= 11 is 1.17. The van der Waals surface area contributed by atoms with Gasteiger partial charge in [-0.2, -0.15) is 0 Å². The molecule has 1 fully saturated rings. The Morgan fingerprint density at radius 2 is 1.89 bits per heavy atom. The van der Waals surface area contributed by atoms with Gasteiger partial charge in [-0.3, -0.25) is 4.79 Å². The number of anilines is 2. The number of alkyl halides is 3. The van der Waals surface area contributed by atoms with Crippen LogP contribution in [0, 0.1) is 0 Å². The van der Waals surface area contributed by atoms with Gasteiger partial charge >= 0.3 is 6.36 Å². The number of hydrogen-bond donors (Lipinski definition) is 2. The van der Waals surface area contributed by atoms with Crippen molar-refractivity contribution in [1.29, 1.82) is 0 Å². The van der Waals surface area contributed by atoms with Crippen molar-refractivity contribution < 1.29 is 26.9 Å². The van der Waals surface area contributed by atoms with Gasteiger partial charge in [0.2, 0.25) is 5.95 Å². The number of aromatic nitrogens is 3. The third-order valence-corrected chi connectivity index (χ3v) is 8.13. The third kappa shape index (κ3) is 5.70. The summed E-state index contributed by atoms with van der Waals surface area (Å²) in [4.78, 5) is 21.8. The van der Waals surface area contributed by atoms with Crippen molar-refractivity contribution in [1.82, 2.24) is 24.2 Å². The molecule has 2 aromatic heterocycles. The lowest BCUT2D eigenvalue weighted by Crippen LogP contribution is -2.44. The fourth-order valence-corrected chi connectivity index (χ4v) is 5.84. The summed E-state index contributed by atoms with van der Waals surface area (Å²) in [6.45, 7) is 1.34. The number of hydrogen-bond acceptors (Lipinski definition) is 7. The van der Waals surface area contributed by atoms with Crippen molar-refractivity contribution in [2.45, 2.75) is 25.2 Å². The maximum atomic E-state index is 12.8. The van der Waals surface area contributed by atoms with E-state index in [-0.39, 0.29) is 17.7 Å². The summed E-state index contributed by atoms with van der Waals surface area (Å²) in [5.41, 5.74) is 2.40. The van der Waals surface area contributed by atoms with Gasteiger partial charge in [0.15, 0.2) is 5.13 Å². The monoisotopic (exact) mass is 552 g/mol. The Kier molecular flexibility index (Phi) is 6.81. The van der Waals surface area contributed by atoms with Gasteiger partial charge < -0.3 is 19.9 Å². The highest BCUT2D eigenvalue weighted by Gasteiger charge is 2.31. The number of nitrogens with zero attached hydrogens (tertiary/aromatic N) is 4. The van der Waals surface area contributed by atoms with Crippen LogP contribution in [-0.2, 0) is 18.0 Å². The number of imidazole rings is 1. The number of benzene rings is 2. The average Bonchev–Trinajstić information content (AvgIpc) is 3.37. The number of nitrogens with one attached hydrogen (secondary N) is 2. The lowest BCUT2D eigenvalue weighted by molar-refractivity contribution is -0.274. The van der Waals surface area contributed by atoms with Crippen molar-refractivity contribution >= 4 is 60.6 Å². The smallest absolute Gasteiger partial charge is 0.406 e. The van der Waals surface area contributed by atoms with Crippen molar-refractivity contribution in [3.63, 3.8) is 0 Å². The maximum absolute atomic E-state index is 12.8. The molecule has 5 rings (SSSR count). The molecule has 1 aliphatic heterocycles. The van der Waals surface area contributed by atoms with Gasteiger partial charge in [-0.1, -0.05) is 11.3 Å². The number of amides is 1.